The zero-order valence-electron chi connectivity index (χ0n) is 11.5. The molecule has 2 heterocycles. The fourth-order valence-corrected chi connectivity index (χ4v) is 2.79. The third-order valence-electron chi connectivity index (χ3n) is 4.22. The highest BCUT2D eigenvalue weighted by molar-refractivity contribution is 5.75. The lowest BCUT2D eigenvalue weighted by Crippen LogP contribution is -2.35. The van der Waals surface area contributed by atoms with Crippen LogP contribution in [0.15, 0.2) is 18.2 Å². The molecule has 1 aromatic carbocycles. The summed E-state index contributed by atoms with van der Waals surface area (Å²) in [5, 5.41) is 0. The number of halogens is 1. The van der Waals surface area contributed by atoms with Gasteiger partial charge < -0.3 is 4.98 Å². The number of aromatic amines is 1. The van der Waals surface area contributed by atoms with Gasteiger partial charge in [-0.05, 0) is 57.0 Å². The normalized spacial score (nSPS) is 19.9. The van der Waals surface area contributed by atoms with Gasteiger partial charge in [-0.3, -0.25) is 4.90 Å². The van der Waals surface area contributed by atoms with Gasteiger partial charge in [0.1, 0.15) is 11.6 Å². The molecule has 1 aliphatic heterocycles. The van der Waals surface area contributed by atoms with E-state index in [4.69, 9.17) is 0 Å². The Bertz CT molecular complexity index is 570. The van der Waals surface area contributed by atoms with Crippen molar-refractivity contribution in [3.63, 3.8) is 0 Å². The number of likely N-dealkylation sites (tertiary alicyclic amines) is 1. The zero-order valence-corrected chi connectivity index (χ0v) is 11.5. The maximum absolute atomic E-state index is 13.2. The van der Waals surface area contributed by atoms with Crippen molar-refractivity contribution in [2.45, 2.75) is 32.7 Å². The Morgan fingerprint density at radius 1 is 1.37 bits per heavy atom. The van der Waals surface area contributed by atoms with Gasteiger partial charge in [0.25, 0.3) is 0 Å². The topological polar surface area (TPSA) is 31.9 Å². The molecule has 0 amide bonds. The van der Waals surface area contributed by atoms with E-state index in [0.29, 0.717) is 0 Å². The zero-order chi connectivity index (χ0) is 13.4. The molecule has 1 saturated heterocycles. The maximum Gasteiger partial charge on any atom is 0.125 e. The van der Waals surface area contributed by atoms with Crippen molar-refractivity contribution < 1.29 is 4.39 Å². The van der Waals surface area contributed by atoms with Crippen LogP contribution in [0.5, 0.6) is 0 Å². The second-order valence-electron chi connectivity index (χ2n) is 5.68. The molecule has 1 fully saturated rings. The van der Waals surface area contributed by atoms with Crippen LogP contribution >= 0.6 is 0 Å². The molecule has 1 N–H and O–H groups in total. The highest BCUT2D eigenvalue weighted by Gasteiger charge is 2.23. The van der Waals surface area contributed by atoms with Gasteiger partial charge in [0.15, 0.2) is 0 Å². The van der Waals surface area contributed by atoms with Gasteiger partial charge in [-0.25, -0.2) is 9.37 Å². The lowest BCUT2D eigenvalue weighted by atomic mass is 9.98. The number of rotatable bonds is 2. The predicted octanol–water partition coefficient (Wildman–Crippen LogP) is 3.49. The quantitative estimate of drug-likeness (QED) is 0.897. The number of imidazole rings is 1. The van der Waals surface area contributed by atoms with E-state index in [1.807, 2.05) is 0 Å². The van der Waals surface area contributed by atoms with E-state index in [1.165, 1.54) is 25.0 Å². The van der Waals surface area contributed by atoms with Gasteiger partial charge in [-0.2, -0.15) is 0 Å². The molecule has 3 rings (SSSR count). The Hall–Kier alpha value is -1.42. The van der Waals surface area contributed by atoms with E-state index in [1.54, 1.807) is 6.07 Å². The summed E-state index contributed by atoms with van der Waals surface area (Å²) in [6.07, 6.45) is 2.50. The van der Waals surface area contributed by atoms with Crippen LogP contribution in [-0.4, -0.2) is 28.0 Å². The first-order chi connectivity index (χ1) is 9.13. The van der Waals surface area contributed by atoms with Gasteiger partial charge >= 0.3 is 0 Å². The fourth-order valence-electron chi connectivity index (χ4n) is 2.79. The summed E-state index contributed by atoms with van der Waals surface area (Å²) in [6.45, 7) is 6.72. The molecule has 102 valence electrons. The molecule has 4 heteroatoms. The Morgan fingerprint density at radius 3 is 2.84 bits per heavy atom. The van der Waals surface area contributed by atoms with Crippen LogP contribution in [0.25, 0.3) is 11.0 Å². The SMILES string of the molecule is CC1CCN(C(C)c2nc3ccc(F)cc3[nH]2)CC1. The highest BCUT2D eigenvalue weighted by Crippen LogP contribution is 2.26. The van der Waals surface area contributed by atoms with Crippen molar-refractivity contribution in [3.8, 4) is 0 Å². The van der Waals surface area contributed by atoms with E-state index in [-0.39, 0.29) is 11.9 Å². The highest BCUT2D eigenvalue weighted by atomic mass is 19.1. The van der Waals surface area contributed by atoms with Gasteiger partial charge in [-0.15, -0.1) is 0 Å². The number of benzene rings is 1. The first-order valence-electron chi connectivity index (χ1n) is 7.02. The summed E-state index contributed by atoms with van der Waals surface area (Å²) in [5.74, 6) is 1.55. The van der Waals surface area contributed by atoms with Gasteiger partial charge in [0, 0.05) is 0 Å². The van der Waals surface area contributed by atoms with E-state index in [9.17, 15) is 4.39 Å². The molecule has 0 aliphatic carbocycles. The minimum absolute atomic E-state index is 0.220. The molecule has 1 atom stereocenters. The summed E-state index contributed by atoms with van der Waals surface area (Å²) < 4.78 is 13.2. The first kappa shape index (κ1) is 12.6. The summed E-state index contributed by atoms with van der Waals surface area (Å²) in [6, 6.07) is 4.97. The molecule has 0 radical (unpaired) electrons. The lowest BCUT2D eigenvalue weighted by Gasteiger charge is -2.33. The molecular formula is C15H20FN3. The molecule has 19 heavy (non-hydrogen) atoms. The van der Waals surface area contributed by atoms with E-state index >= 15 is 0 Å². The number of fused-ring (bicyclic) bond motifs is 1. The summed E-state index contributed by atoms with van der Waals surface area (Å²) in [4.78, 5) is 10.3. The Labute approximate surface area is 112 Å². The van der Waals surface area contributed by atoms with Crippen LogP contribution in [0.3, 0.4) is 0 Å². The minimum Gasteiger partial charge on any atom is -0.341 e. The van der Waals surface area contributed by atoms with Crippen molar-refractivity contribution in [2.75, 3.05) is 13.1 Å². The standard InChI is InChI=1S/C15H20FN3/c1-10-5-7-19(8-6-10)11(2)15-17-13-4-3-12(16)9-14(13)18-15/h3-4,9-11H,5-8H2,1-2H3,(H,17,18). The first-order valence-corrected chi connectivity index (χ1v) is 7.02. The molecule has 0 saturated carbocycles. The van der Waals surface area contributed by atoms with Crippen LogP contribution < -0.4 is 0 Å². The Kier molecular flexibility index (Phi) is 3.27. The summed E-state index contributed by atoms with van der Waals surface area (Å²) >= 11 is 0. The number of H-pyrrole nitrogens is 1. The van der Waals surface area contributed by atoms with E-state index in [0.717, 1.165) is 35.9 Å². The largest absolute Gasteiger partial charge is 0.341 e. The lowest BCUT2D eigenvalue weighted by molar-refractivity contribution is 0.143. The minimum atomic E-state index is -0.220. The van der Waals surface area contributed by atoms with E-state index < -0.39 is 0 Å². The van der Waals surface area contributed by atoms with Crippen LogP contribution in [0.2, 0.25) is 0 Å². The van der Waals surface area contributed by atoms with E-state index in [2.05, 4.69) is 28.7 Å². The Balaban J connectivity index is 1.83. The molecule has 3 nitrogen and oxygen atoms in total. The molecule has 0 bridgehead atoms. The van der Waals surface area contributed by atoms with Crippen LogP contribution in [0.4, 0.5) is 4.39 Å². The molecule has 2 aromatic rings. The second-order valence-corrected chi connectivity index (χ2v) is 5.68. The molecular weight excluding hydrogens is 241 g/mol. The van der Waals surface area contributed by atoms with Crippen molar-refractivity contribution in [2.24, 2.45) is 5.92 Å². The van der Waals surface area contributed by atoms with Crippen molar-refractivity contribution >= 4 is 11.0 Å². The molecule has 1 unspecified atom stereocenters. The van der Waals surface area contributed by atoms with Crippen molar-refractivity contribution in [1.29, 1.82) is 0 Å². The average Bonchev–Trinajstić information content (AvgIpc) is 2.81. The van der Waals surface area contributed by atoms with Gasteiger partial charge in [0.2, 0.25) is 0 Å². The number of aromatic nitrogens is 2. The maximum atomic E-state index is 13.2. The number of hydrogen-bond acceptors (Lipinski definition) is 2. The molecule has 1 aliphatic rings. The number of nitrogens with zero attached hydrogens (tertiary/aromatic N) is 2. The van der Waals surface area contributed by atoms with Crippen LogP contribution in [0.1, 0.15) is 38.6 Å². The summed E-state index contributed by atoms with van der Waals surface area (Å²) in [7, 11) is 0. The average molecular weight is 261 g/mol. The number of hydrogen-bond donors (Lipinski definition) is 1. The Morgan fingerprint density at radius 2 is 2.11 bits per heavy atom. The fraction of sp³-hybridized carbons (Fsp3) is 0.533. The number of nitrogens with one attached hydrogen (secondary N) is 1. The van der Waals surface area contributed by atoms with Crippen LogP contribution in [-0.2, 0) is 0 Å². The number of piperidine rings is 1. The summed E-state index contributed by atoms with van der Waals surface area (Å²) in [5.41, 5.74) is 1.63. The third-order valence-corrected chi connectivity index (χ3v) is 4.22. The smallest absolute Gasteiger partial charge is 0.125 e. The monoisotopic (exact) mass is 261 g/mol. The third kappa shape index (κ3) is 2.50. The van der Waals surface area contributed by atoms with Crippen LogP contribution in [0, 0.1) is 11.7 Å². The predicted molar refractivity (Wildman–Crippen MR) is 74.4 cm³/mol. The van der Waals surface area contributed by atoms with Crippen molar-refractivity contribution in [1.82, 2.24) is 14.9 Å². The molecule has 1 aromatic heterocycles. The van der Waals surface area contributed by atoms with Gasteiger partial charge in [0.05, 0.1) is 17.1 Å². The molecule has 0 spiro atoms. The second kappa shape index (κ2) is 4.93. The van der Waals surface area contributed by atoms with Crippen molar-refractivity contribution in [3.05, 3.63) is 29.8 Å². The van der Waals surface area contributed by atoms with Gasteiger partial charge in [-0.1, -0.05) is 6.92 Å².